The molecule has 0 aromatic heterocycles. The lowest BCUT2D eigenvalue weighted by Gasteiger charge is -2.28. The first-order valence-corrected chi connectivity index (χ1v) is 8.33. The van der Waals surface area contributed by atoms with E-state index in [4.69, 9.17) is 0 Å². The van der Waals surface area contributed by atoms with E-state index in [0.717, 1.165) is 12.0 Å². The number of sulfone groups is 1. The Morgan fingerprint density at radius 3 is 2.53 bits per heavy atom. The zero-order valence-corrected chi connectivity index (χ0v) is 12.1. The second-order valence-electron chi connectivity index (χ2n) is 5.78. The minimum atomic E-state index is -2.89. The predicted octanol–water partition coefficient (Wildman–Crippen LogP) is 1.92. The van der Waals surface area contributed by atoms with Crippen molar-refractivity contribution >= 4 is 9.84 Å². The monoisotopic (exact) mass is 285 g/mol. The van der Waals surface area contributed by atoms with E-state index in [2.05, 4.69) is 5.32 Å². The average Bonchev–Trinajstić information content (AvgIpc) is 2.56. The highest BCUT2D eigenvalue weighted by Gasteiger charge is 2.38. The van der Waals surface area contributed by atoms with Crippen LogP contribution < -0.4 is 5.32 Å². The van der Waals surface area contributed by atoms with Crippen molar-refractivity contribution in [1.29, 1.82) is 0 Å². The Hall–Kier alpha value is -0.940. The van der Waals surface area contributed by atoms with Crippen molar-refractivity contribution in [3.8, 4) is 0 Å². The highest BCUT2D eigenvalue weighted by Crippen LogP contribution is 2.23. The first-order chi connectivity index (χ1) is 8.78. The first-order valence-electron chi connectivity index (χ1n) is 6.51. The van der Waals surface area contributed by atoms with Crippen LogP contribution in [0.5, 0.6) is 0 Å². The van der Waals surface area contributed by atoms with E-state index in [9.17, 15) is 12.8 Å². The van der Waals surface area contributed by atoms with Gasteiger partial charge in [-0.3, -0.25) is 0 Å². The van der Waals surface area contributed by atoms with Gasteiger partial charge in [-0.15, -0.1) is 0 Å². The molecule has 106 valence electrons. The van der Waals surface area contributed by atoms with Crippen LogP contribution in [0.4, 0.5) is 4.39 Å². The van der Waals surface area contributed by atoms with Gasteiger partial charge in [0.2, 0.25) is 0 Å². The molecule has 1 fully saturated rings. The van der Waals surface area contributed by atoms with Gasteiger partial charge in [-0.1, -0.05) is 12.1 Å². The zero-order chi connectivity index (χ0) is 14.1. The molecule has 1 saturated heterocycles. The van der Waals surface area contributed by atoms with Crippen LogP contribution >= 0.6 is 0 Å². The van der Waals surface area contributed by atoms with Crippen molar-refractivity contribution in [3.05, 3.63) is 35.6 Å². The predicted molar refractivity (Wildman–Crippen MR) is 74.4 cm³/mol. The molecule has 1 N–H and O–H groups in total. The molecule has 2 atom stereocenters. The quantitative estimate of drug-likeness (QED) is 0.919. The number of benzene rings is 1. The van der Waals surface area contributed by atoms with Gasteiger partial charge < -0.3 is 5.32 Å². The number of nitrogens with one attached hydrogen (secondary N) is 1. The van der Waals surface area contributed by atoms with Gasteiger partial charge in [-0.25, -0.2) is 12.8 Å². The summed E-state index contributed by atoms with van der Waals surface area (Å²) >= 11 is 0. The number of rotatable bonds is 4. The SMILES string of the molecule is CC(Cc1ccc(F)cc1)NC1(C)CCS(=O)(=O)C1. The average molecular weight is 285 g/mol. The molecule has 0 amide bonds. The minimum absolute atomic E-state index is 0.156. The van der Waals surface area contributed by atoms with Gasteiger partial charge in [0.05, 0.1) is 11.5 Å². The van der Waals surface area contributed by atoms with Crippen molar-refractivity contribution in [2.75, 3.05) is 11.5 Å². The van der Waals surface area contributed by atoms with Crippen molar-refractivity contribution < 1.29 is 12.8 Å². The van der Waals surface area contributed by atoms with Crippen LogP contribution in [0.3, 0.4) is 0 Å². The minimum Gasteiger partial charge on any atom is -0.308 e. The van der Waals surface area contributed by atoms with Crippen LogP contribution in [0.25, 0.3) is 0 Å². The van der Waals surface area contributed by atoms with Crippen LogP contribution in [-0.4, -0.2) is 31.5 Å². The van der Waals surface area contributed by atoms with E-state index in [-0.39, 0.29) is 28.9 Å². The number of hydrogen-bond donors (Lipinski definition) is 1. The Labute approximate surface area is 114 Å². The van der Waals surface area contributed by atoms with E-state index in [1.807, 2.05) is 13.8 Å². The molecular weight excluding hydrogens is 265 g/mol. The fourth-order valence-corrected chi connectivity index (χ4v) is 4.85. The lowest BCUT2D eigenvalue weighted by atomic mass is 9.98. The van der Waals surface area contributed by atoms with Crippen LogP contribution in [0, 0.1) is 5.82 Å². The molecule has 0 saturated carbocycles. The van der Waals surface area contributed by atoms with Crippen molar-refractivity contribution in [3.63, 3.8) is 0 Å². The molecule has 1 aliphatic heterocycles. The summed E-state index contributed by atoms with van der Waals surface area (Å²) in [5, 5.41) is 3.40. The van der Waals surface area contributed by atoms with E-state index in [0.29, 0.717) is 6.42 Å². The fraction of sp³-hybridized carbons (Fsp3) is 0.571. The van der Waals surface area contributed by atoms with Crippen LogP contribution in [0.2, 0.25) is 0 Å². The number of hydrogen-bond acceptors (Lipinski definition) is 3. The molecule has 1 aliphatic rings. The lowest BCUT2D eigenvalue weighted by molar-refractivity contribution is 0.349. The zero-order valence-electron chi connectivity index (χ0n) is 11.3. The topological polar surface area (TPSA) is 46.2 Å². The lowest BCUT2D eigenvalue weighted by Crippen LogP contribution is -2.48. The van der Waals surface area contributed by atoms with E-state index >= 15 is 0 Å². The molecule has 1 heterocycles. The summed E-state index contributed by atoms with van der Waals surface area (Å²) in [6.45, 7) is 3.98. The standard InChI is InChI=1S/C14H20FNO2S/c1-11(9-12-3-5-13(15)6-4-12)16-14(2)7-8-19(17,18)10-14/h3-6,11,16H,7-10H2,1-2H3. The molecule has 0 spiro atoms. The molecule has 1 aromatic rings. The molecule has 1 aromatic carbocycles. The second kappa shape index (κ2) is 5.21. The van der Waals surface area contributed by atoms with Crippen LogP contribution in [0.1, 0.15) is 25.8 Å². The molecule has 19 heavy (non-hydrogen) atoms. The maximum Gasteiger partial charge on any atom is 0.152 e. The number of halogens is 1. The fourth-order valence-electron chi connectivity index (χ4n) is 2.74. The summed E-state index contributed by atoms with van der Waals surface area (Å²) < 4.78 is 35.9. The van der Waals surface area contributed by atoms with E-state index in [1.54, 1.807) is 12.1 Å². The van der Waals surface area contributed by atoms with E-state index < -0.39 is 9.84 Å². The first kappa shape index (κ1) is 14.5. The summed E-state index contributed by atoms with van der Waals surface area (Å²) in [4.78, 5) is 0. The highest BCUT2D eigenvalue weighted by molar-refractivity contribution is 7.91. The summed E-state index contributed by atoms with van der Waals surface area (Å²) in [7, 11) is -2.89. The van der Waals surface area contributed by atoms with Gasteiger partial charge in [-0.2, -0.15) is 0 Å². The molecule has 0 radical (unpaired) electrons. The Balaban J connectivity index is 1.94. The van der Waals surface area contributed by atoms with Crippen molar-refractivity contribution in [2.24, 2.45) is 0 Å². The van der Waals surface area contributed by atoms with Crippen molar-refractivity contribution in [1.82, 2.24) is 5.32 Å². The third-order valence-corrected chi connectivity index (χ3v) is 5.46. The normalized spacial score (nSPS) is 27.3. The van der Waals surface area contributed by atoms with Gasteiger partial charge in [0, 0.05) is 11.6 Å². The Bertz CT molecular complexity index is 541. The molecular formula is C14H20FNO2S. The summed E-state index contributed by atoms with van der Waals surface area (Å²) in [6.07, 6.45) is 1.42. The van der Waals surface area contributed by atoms with Gasteiger partial charge >= 0.3 is 0 Å². The molecule has 5 heteroatoms. The summed E-state index contributed by atoms with van der Waals surface area (Å²) in [5.74, 6) is 0.228. The van der Waals surface area contributed by atoms with Crippen LogP contribution in [-0.2, 0) is 16.3 Å². The van der Waals surface area contributed by atoms with Gasteiger partial charge in [-0.05, 0) is 44.4 Å². The maximum atomic E-state index is 12.8. The summed E-state index contributed by atoms with van der Waals surface area (Å²) in [6, 6.07) is 6.58. The van der Waals surface area contributed by atoms with Gasteiger partial charge in [0.15, 0.2) is 9.84 Å². The van der Waals surface area contributed by atoms with Crippen molar-refractivity contribution in [2.45, 2.75) is 38.3 Å². The Morgan fingerprint density at radius 1 is 1.37 bits per heavy atom. The summed E-state index contributed by atoms with van der Waals surface area (Å²) in [5.41, 5.74) is 0.712. The molecule has 2 unspecified atom stereocenters. The largest absolute Gasteiger partial charge is 0.308 e. The Kier molecular flexibility index (Phi) is 3.97. The van der Waals surface area contributed by atoms with Gasteiger partial charge in [0.1, 0.15) is 5.82 Å². The third-order valence-electron chi connectivity index (χ3n) is 3.55. The molecule has 0 aliphatic carbocycles. The third kappa shape index (κ3) is 4.01. The highest BCUT2D eigenvalue weighted by atomic mass is 32.2. The molecule has 0 bridgehead atoms. The van der Waals surface area contributed by atoms with E-state index in [1.165, 1.54) is 12.1 Å². The molecule has 2 rings (SSSR count). The maximum absolute atomic E-state index is 12.8. The Morgan fingerprint density at radius 2 is 2.00 bits per heavy atom. The van der Waals surface area contributed by atoms with Crippen LogP contribution in [0.15, 0.2) is 24.3 Å². The molecule has 3 nitrogen and oxygen atoms in total. The van der Waals surface area contributed by atoms with Gasteiger partial charge in [0.25, 0.3) is 0 Å². The second-order valence-corrected chi connectivity index (χ2v) is 7.96. The smallest absolute Gasteiger partial charge is 0.152 e.